The maximum Gasteiger partial charge on any atom is 0.243 e. The first-order chi connectivity index (χ1) is 11.7. The molecule has 0 aliphatic heterocycles. The fourth-order valence-electron chi connectivity index (χ4n) is 1.96. The van der Waals surface area contributed by atoms with Crippen LogP contribution in [0, 0.1) is 0 Å². The van der Waals surface area contributed by atoms with E-state index < -0.39 is 0 Å². The second-order valence-electron chi connectivity index (χ2n) is 4.92. The smallest absolute Gasteiger partial charge is 0.243 e. The lowest BCUT2D eigenvalue weighted by atomic mass is 10.2. The molecular weight excluding hydrogens is 433 g/mol. The molecule has 0 fully saturated rings. The number of aliphatic imine (C=N–C) groups is 1. The van der Waals surface area contributed by atoms with E-state index in [0.29, 0.717) is 18.2 Å². The summed E-state index contributed by atoms with van der Waals surface area (Å²) in [6.07, 6.45) is 3.24. The first-order valence-corrected chi connectivity index (χ1v) is 7.48. The number of halogens is 1. The van der Waals surface area contributed by atoms with E-state index in [9.17, 15) is 4.79 Å². The molecule has 1 aromatic heterocycles. The number of methoxy groups -OCH3 is 1. The van der Waals surface area contributed by atoms with Crippen LogP contribution in [-0.4, -0.2) is 37.6 Å². The van der Waals surface area contributed by atoms with E-state index in [-0.39, 0.29) is 36.4 Å². The molecule has 2 aromatic rings. The third-order valence-corrected chi connectivity index (χ3v) is 3.20. The van der Waals surface area contributed by atoms with E-state index in [0.717, 1.165) is 11.3 Å². The second-order valence-corrected chi connectivity index (χ2v) is 4.92. The summed E-state index contributed by atoms with van der Waals surface area (Å²) in [5, 5.41) is 8.86. The highest BCUT2D eigenvalue weighted by atomic mass is 127. The van der Waals surface area contributed by atoms with Crippen LogP contribution in [0.1, 0.15) is 5.56 Å². The van der Waals surface area contributed by atoms with Crippen molar-refractivity contribution in [2.75, 3.05) is 26.0 Å². The van der Waals surface area contributed by atoms with Crippen LogP contribution in [0.3, 0.4) is 0 Å². The molecule has 0 spiro atoms. The number of ether oxygens (including phenoxy) is 1. The molecule has 1 heterocycles. The average molecular weight is 455 g/mol. The summed E-state index contributed by atoms with van der Waals surface area (Å²) in [6, 6.07) is 11.3. The summed E-state index contributed by atoms with van der Waals surface area (Å²) >= 11 is 0. The van der Waals surface area contributed by atoms with Gasteiger partial charge in [-0.1, -0.05) is 12.1 Å². The van der Waals surface area contributed by atoms with Crippen molar-refractivity contribution in [3.63, 3.8) is 0 Å². The van der Waals surface area contributed by atoms with Gasteiger partial charge in [0.2, 0.25) is 5.91 Å². The summed E-state index contributed by atoms with van der Waals surface area (Å²) in [5.74, 6) is 1.19. The lowest BCUT2D eigenvalue weighted by Gasteiger charge is -2.12. The largest absolute Gasteiger partial charge is 0.497 e. The fourth-order valence-corrected chi connectivity index (χ4v) is 1.96. The topological polar surface area (TPSA) is 87.6 Å². The number of anilines is 1. The van der Waals surface area contributed by atoms with Gasteiger partial charge in [-0.25, -0.2) is 0 Å². The molecule has 134 valence electrons. The van der Waals surface area contributed by atoms with Gasteiger partial charge >= 0.3 is 0 Å². The van der Waals surface area contributed by atoms with Gasteiger partial charge in [-0.15, -0.1) is 24.0 Å². The van der Waals surface area contributed by atoms with Crippen molar-refractivity contribution in [2.45, 2.75) is 6.54 Å². The fraction of sp³-hybridized carbons (Fsp3) is 0.235. The zero-order chi connectivity index (χ0) is 17.2. The Hall–Kier alpha value is -2.36. The van der Waals surface area contributed by atoms with Gasteiger partial charge < -0.3 is 20.7 Å². The minimum atomic E-state index is -0.171. The van der Waals surface area contributed by atoms with Crippen LogP contribution in [-0.2, 0) is 11.3 Å². The third kappa shape index (κ3) is 7.38. The van der Waals surface area contributed by atoms with Crippen LogP contribution in [0.2, 0.25) is 0 Å². The Bertz CT molecular complexity index is 677. The number of hydrogen-bond donors (Lipinski definition) is 3. The number of nitrogens with one attached hydrogen (secondary N) is 3. The molecule has 0 saturated heterocycles. The molecule has 25 heavy (non-hydrogen) atoms. The Morgan fingerprint density at radius 1 is 1.20 bits per heavy atom. The van der Waals surface area contributed by atoms with Crippen LogP contribution in [0.15, 0.2) is 53.8 Å². The number of aromatic nitrogens is 1. The molecule has 0 aliphatic carbocycles. The van der Waals surface area contributed by atoms with Gasteiger partial charge in [-0.05, 0) is 29.8 Å². The molecule has 0 saturated carbocycles. The van der Waals surface area contributed by atoms with Crippen LogP contribution >= 0.6 is 24.0 Å². The summed E-state index contributed by atoms with van der Waals surface area (Å²) in [6.45, 7) is 0.699. The molecule has 1 aromatic carbocycles. The van der Waals surface area contributed by atoms with Crippen molar-refractivity contribution in [1.82, 2.24) is 15.6 Å². The monoisotopic (exact) mass is 455 g/mol. The Morgan fingerprint density at radius 2 is 1.96 bits per heavy atom. The quantitative estimate of drug-likeness (QED) is 0.353. The molecule has 0 radical (unpaired) electrons. The molecule has 0 aliphatic rings. The van der Waals surface area contributed by atoms with Crippen molar-refractivity contribution in [3.05, 3.63) is 54.4 Å². The minimum Gasteiger partial charge on any atom is -0.497 e. The predicted octanol–water partition coefficient (Wildman–Crippen LogP) is 2.01. The van der Waals surface area contributed by atoms with E-state index in [1.54, 1.807) is 38.7 Å². The molecule has 0 atom stereocenters. The number of carbonyl (C=O) groups excluding carboxylic acids is 1. The Morgan fingerprint density at radius 3 is 2.56 bits per heavy atom. The lowest BCUT2D eigenvalue weighted by molar-refractivity contribution is -0.115. The van der Waals surface area contributed by atoms with Gasteiger partial charge in [0.25, 0.3) is 0 Å². The molecule has 1 amide bonds. The van der Waals surface area contributed by atoms with Crippen LogP contribution < -0.4 is 20.7 Å². The van der Waals surface area contributed by atoms with Gasteiger partial charge in [0.1, 0.15) is 5.75 Å². The highest BCUT2D eigenvalue weighted by molar-refractivity contribution is 14.0. The number of pyridine rings is 1. The van der Waals surface area contributed by atoms with E-state index in [1.165, 1.54) is 0 Å². The number of carbonyl (C=O) groups is 1. The van der Waals surface area contributed by atoms with Crippen LogP contribution in [0.25, 0.3) is 0 Å². The Balaban J connectivity index is 0.00000312. The SMILES string of the molecule is CN=C(NCC(=O)Nc1cccnc1)NCc1ccc(OC)cc1.I. The second kappa shape index (κ2) is 11.2. The van der Waals surface area contributed by atoms with E-state index in [4.69, 9.17) is 4.74 Å². The minimum absolute atomic E-state index is 0. The molecule has 2 rings (SSSR count). The molecule has 8 heteroatoms. The van der Waals surface area contributed by atoms with Crippen LogP contribution in [0.5, 0.6) is 5.75 Å². The third-order valence-electron chi connectivity index (χ3n) is 3.20. The van der Waals surface area contributed by atoms with Crippen molar-refractivity contribution < 1.29 is 9.53 Å². The van der Waals surface area contributed by atoms with Gasteiger partial charge in [0, 0.05) is 19.8 Å². The molecular formula is C17H22IN5O2. The van der Waals surface area contributed by atoms with E-state index in [2.05, 4.69) is 25.9 Å². The highest BCUT2D eigenvalue weighted by Crippen LogP contribution is 2.10. The number of nitrogens with zero attached hydrogens (tertiary/aromatic N) is 2. The Labute approximate surface area is 164 Å². The standard InChI is InChI=1S/C17H21N5O2.HI/c1-18-17(20-10-13-5-7-15(24-2)8-6-13)21-12-16(23)22-14-4-3-9-19-11-14;/h3-9,11H,10,12H2,1-2H3,(H,22,23)(H2,18,20,21);1H. The highest BCUT2D eigenvalue weighted by Gasteiger charge is 2.04. The van der Waals surface area contributed by atoms with E-state index >= 15 is 0 Å². The molecule has 7 nitrogen and oxygen atoms in total. The molecule has 0 bridgehead atoms. The number of benzene rings is 1. The van der Waals surface area contributed by atoms with Crippen molar-refractivity contribution in [3.8, 4) is 5.75 Å². The summed E-state index contributed by atoms with van der Waals surface area (Å²) in [4.78, 5) is 19.9. The maximum absolute atomic E-state index is 11.9. The van der Waals surface area contributed by atoms with Crippen molar-refractivity contribution in [2.24, 2.45) is 4.99 Å². The number of hydrogen-bond acceptors (Lipinski definition) is 4. The maximum atomic E-state index is 11.9. The zero-order valence-corrected chi connectivity index (χ0v) is 16.5. The van der Waals surface area contributed by atoms with Crippen molar-refractivity contribution >= 4 is 41.5 Å². The number of amides is 1. The number of guanidine groups is 1. The first kappa shape index (κ1) is 20.7. The van der Waals surface area contributed by atoms with Crippen LogP contribution in [0.4, 0.5) is 5.69 Å². The van der Waals surface area contributed by atoms with Gasteiger partial charge in [0.05, 0.1) is 25.5 Å². The number of rotatable bonds is 6. The van der Waals surface area contributed by atoms with E-state index in [1.807, 2.05) is 24.3 Å². The molecule has 0 unspecified atom stereocenters. The summed E-state index contributed by atoms with van der Waals surface area (Å²) < 4.78 is 5.12. The van der Waals surface area contributed by atoms with Gasteiger partial charge in [-0.2, -0.15) is 0 Å². The first-order valence-electron chi connectivity index (χ1n) is 7.48. The summed E-state index contributed by atoms with van der Waals surface area (Å²) in [5.41, 5.74) is 1.74. The lowest BCUT2D eigenvalue weighted by Crippen LogP contribution is -2.41. The normalized spacial score (nSPS) is 10.4. The summed E-state index contributed by atoms with van der Waals surface area (Å²) in [7, 11) is 3.29. The Kier molecular flexibility index (Phi) is 9.30. The molecule has 3 N–H and O–H groups in total. The van der Waals surface area contributed by atoms with Crippen molar-refractivity contribution in [1.29, 1.82) is 0 Å². The average Bonchev–Trinajstić information content (AvgIpc) is 2.63. The van der Waals surface area contributed by atoms with Gasteiger partial charge in [0.15, 0.2) is 5.96 Å². The van der Waals surface area contributed by atoms with Gasteiger partial charge in [-0.3, -0.25) is 14.8 Å². The zero-order valence-electron chi connectivity index (χ0n) is 14.2. The predicted molar refractivity (Wildman–Crippen MR) is 109 cm³/mol.